The normalized spacial score (nSPS) is 14.9. The number of hydrogen-bond donors (Lipinski definition) is 1. The molecule has 0 spiro atoms. The molecule has 0 aromatic carbocycles. The standard InChI is InChI=1S/C17H23N3O5/c1-3-25-17(24)12-7-9-20(10-8-12)15(21)11-19(2)14-6-4-5-13(18-14)16(22)23/h4-6,12H,3,7-11H2,1-2H3,(H,22,23). The van der Waals surface area contributed by atoms with Gasteiger partial charge in [-0.25, -0.2) is 9.78 Å². The molecule has 1 amide bonds. The van der Waals surface area contributed by atoms with E-state index in [4.69, 9.17) is 9.84 Å². The van der Waals surface area contributed by atoms with Crippen molar-refractivity contribution in [3.8, 4) is 0 Å². The fraction of sp³-hybridized carbons (Fsp3) is 0.529. The van der Waals surface area contributed by atoms with E-state index in [0.29, 0.717) is 38.4 Å². The van der Waals surface area contributed by atoms with E-state index in [1.54, 1.807) is 35.9 Å². The Morgan fingerprint density at radius 1 is 1.32 bits per heavy atom. The van der Waals surface area contributed by atoms with Crippen molar-refractivity contribution in [2.45, 2.75) is 19.8 Å². The maximum Gasteiger partial charge on any atom is 0.354 e. The number of anilines is 1. The molecule has 0 bridgehead atoms. The van der Waals surface area contributed by atoms with Gasteiger partial charge in [-0.05, 0) is 31.9 Å². The highest BCUT2D eigenvalue weighted by molar-refractivity contribution is 5.86. The summed E-state index contributed by atoms with van der Waals surface area (Å²) in [5, 5.41) is 8.99. The monoisotopic (exact) mass is 349 g/mol. The minimum Gasteiger partial charge on any atom is -0.477 e. The lowest BCUT2D eigenvalue weighted by Crippen LogP contribution is -2.44. The number of rotatable bonds is 6. The van der Waals surface area contributed by atoms with Crippen LogP contribution in [0.1, 0.15) is 30.3 Å². The smallest absolute Gasteiger partial charge is 0.354 e. The van der Waals surface area contributed by atoms with E-state index in [9.17, 15) is 14.4 Å². The van der Waals surface area contributed by atoms with Gasteiger partial charge in [0.25, 0.3) is 0 Å². The van der Waals surface area contributed by atoms with E-state index < -0.39 is 5.97 Å². The number of nitrogens with zero attached hydrogens (tertiary/aromatic N) is 3. The zero-order valence-electron chi connectivity index (χ0n) is 14.5. The van der Waals surface area contributed by atoms with Crippen LogP contribution in [0.2, 0.25) is 0 Å². The van der Waals surface area contributed by atoms with Crippen LogP contribution in [0.15, 0.2) is 18.2 Å². The van der Waals surface area contributed by atoms with Gasteiger partial charge in [-0.15, -0.1) is 0 Å². The van der Waals surface area contributed by atoms with Crippen LogP contribution in [0, 0.1) is 5.92 Å². The Morgan fingerprint density at radius 3 is 2.60 bits per heavy atom. The number of aromatic nitrogens is 1. The maximum absolute atomic E-state index is 12.4. The van der Waals surface area contributed by atoms with Crippen LogP contribution < -0.4 is 4.90 Å². The topological polar surface area (TPSA) is 100 Å². The molecule has 0 saturated carbocycles. The van der Waals surface area contributed by atoms with E-state index in [2.05, 4.69) is 4.98 Å². The lowest BCUT2D eigenvalue weighted by molar-refractivity contribution is -0.151. The van der Waals surface area contributed by atoms with Crippen LogP contribution in [0.25, 0.3) is 0 Å². The van der Waals surface area contributed by atoms with Gasteiger partial charge in [-0.3, -0.25) is 9.59 Å². The predicted octanol–water partition coefficient (Wildman–Crippen LogP) is 1.02. The average Bonchev–Trinajstić information content (AvgIpc) is 2.62. The molecule has 1 saturated heterocycles. The number of likely N-dealkylation sites (tertiary alicyclic amines) is 1. The Labute approximate surface area is 146 Å². The van der Waals surface area contributed by atoms with Crippen LogP contribution in [0.5, 0.6) is 0 Å². The van der Waals surface area contributed by atoms with E-state index in [0.717, 1.165) is 0 Å². The molecule has 2 heterocycles. The minimum absolute atomic E-state index is 0.0629. The Morgan fingerprint density at radius 2 is 2.00 bits per heavy atom. The number of ether oxygens (including phenoxy) is 1. The van der Waals surface area contributed by atoms with Gasteiger partial charge < -0.3 is 19.6 Å². The molecule has 1 aliphatic rings. The van der Waals surface area contributed by atoms with Crippen LogP contribution in [-0.2, 0) is 14.3 Å². The number of likely N-dealkylation sites (N-methyl/N-ethyl adjacent to an activating group) is 1. The van der Waals surface area contributed by atoms with Crippen LogP contribution >= 0.6 is 0 Å². The van der Waals surface area contributed by atoms with Gasteiger partial charge in [0.15, 0.2) is 5.69 Å². The molecule has 25 heavy (non-hydrogen) atoms. The fourth-order valence-corrected chi connectivity index (χ4v) is 2.76. The summed E-state index contributed by atoms with van der Waals surface area (Å²) in [5.41, 5.74) is -0.0629. The highest BCUT2D eigenvalue weighted by atomic mass is 16.5. The first-order valence-electron chi connectivity index (χ1n) is 8.28. The number of piperidine rings is 1. The molecule has 8 heteroatoms. The van der Waals surface area contributed by atoms with Crippen molar-refractivity contribution >= 4 is 23.7 Å². The number of carboxylic acid groups (broad SMARTS) is 1. The molecule has 0 aliphatic carbocycles. The average molecular weight is 349 g/mol. The molecular formula is C17H23N3O5. The van der Waals surface area contributed by atoms with Crippen molar-refractivity contribution < 1.29 is 24.2 Å². The number of pyridine rings is 1. The van der Waals surface area contributed by atoms with Crippen molar-refractivity contribution in [1.82, 2.24) is 9.88 Å². The summed E-state index contributed by atoms with van der Waals surface area (Å²) in [6.45, 7) is 3.27. The molecule has 1 fully saturated rings. The summed E-state index contributed by atoms with van der Waals surface area (Å²) in [6, 6.07) is 4.66. The Bertz CT molecular complexity index is 641. The molecule has 1 aromatic heterocycles. The number of carboxylic acids is 1. The number of aromatic carboxylic acids is 1. The molecule has 0 unspecified atom stereocenters. The van der Waals surface area contributed by atoms with Gasteiger partial charge in [-0.2, -0.15) is 0 Å². The van der Waals surface area contributed by atoms with Crippen LogP contribution in [0.4, 0.5) is 5.82 Å². The first kappa shape index (κ1) is 18.7. The summed E-state index contributed by atoms with van der Waals surface area (Å²) in [7, 11) is 1.69. The van der Waals surface area contributed by atoms with Crippen molar-refractivity contribution in [2.24, 2.45) is 5.92 Å². The molecule has 136 valence electrons. The third-order valence-electron chi connectivity index (χ3n) is 4.18. The predicted molar refractivity (Wildman–Crippen MR) is 90.4 cm³/mol. The van der Waals surface area contributed by atoms with Crippen LogP contribution in [-0.4, -0.2) is 66.1 Å². The second-order valence-electron chi connectivity index (χ2n) is 5.95. The lowest BCUT2D eigenvalue weighted by Gasteiger charge is -2.32. The molecular weight excluding hydrogens is 326 g/mol. The van der Waals surface area contributed by atoms with E-state index >= 15 is 0 Å². The van der Waals surface area contributed by atoms with Crippen LogP contribution in [0.3, 0.4) is 0 Å². The number of amides is 1. The first-order valence-corrected chi connectivity index (χ1v) is 8.28. The third kappa shape index (κ3) is 4.91. The summed E-state index contributed by atoms with van der Waals surface area (Å²) >= 11 is 0. The number of esters is 1. The summed E-state index contributed by atoms with van der Waals surface area (Å²) in [5.74, 6) is -1.10. The van der Waals surface area contributed by atoms with Gasteiger partial charge in [0.2, 0.25) is 5.91 Å². The van der Waals surface area contributed by atoms with Gasteiger partial charge in [0.1, 0.15) is 5.82 Å². The maximum atomic E-state index is 12.4. The molecule has 1 N–H and O–H groups in total. The van der Waals surface area contributed by atoms with Crippen molar-refractivity contribution in [2.75, 3.05) is 38.2 Å². The molecule has 8 nitrogen and oxygen atoms in total. The zero-order valence-corrected chi connectivity index (χ0v) is 14.5. The van der Waals surface area contributed by atoms with Gasteiger partial charge in [0.05, 0.1) is 19.1 Å². The Balaban J connectivity index is 1.89. The van der Waals surface area contributed by atoms with E-state index in [1.165, 1.54) is 6.07 Å². The van der Waals surface area contributed by atoms with E-state index in [-0.39, 0.29) is 30.0 Å². The Hall–Kier alpha value is -2.64. The quantitative estimate of drug-likeness (QED) is 0.765. The highest BCUT2D eigenvalue weighted by Crippen LogP contribution is 2.19. The fourth-order valence-electron chi connectivity index (χ4n) is 2.76. The molecule has 0 radical (unpaired) electrons. The molecule has 1 aliphatic heterocycles. The molecule has 1 aromatic rings. The third-order valence-corrected chi connectivity index (χ3v) is 4.18. The zero-order chi connectivity index (χ0) is 18.4. The summed E-state index contributed by atoms with van der Waals surface area (Å²) < 4.78 is 5.02. The van der Waals surface area contributed by atoms with Crippen molar-refractivity contribution in [3.63, 3.8) is 0 Å². The Kier molecular flexibility index (Phi) is 6.32. The molecule has 0 atom stereocenters. The number of hydrogen-bond acceptors (Lipinski definition) is 6. The molecule has 2 rings (SSSR count). The second-order valence-corrected chi connectivity index (χ2v) is 5.95. The van der Waals surface area contributed by atoms with Gasteiger partial charge in [0, 0.05) is 20.1 Å². The number of carbonyl (C=O) groups excluding carboxylic acids is 2. The van der Waals surface area contributed by atoms with Crippen molar-refractivity contribution in [1.29, 1.82) is 0 Å². The number of carbonyl (C=O) groups is 3. The summed E-state index contributed by atoms with van der Waals surface area (Å²) in [6.07, 6.45) is 1.20. The highest BCUT2D eigenvalue weighted by Gasteiger charge is 2.28. The van der Waals surface area contributed by atoms with Gasteiger partial charge >= 0.3 is 11.9 Å². The SMILES string of the molecule is CCOC(=O)C1CCN(C(=O)CN(C)c2cccc(C(=O)O)n2)CC1. The first-order chi connectivity index (χ1) is 11.9. The minimum atomic E-state index is -1.11. The second kappa shape index (κ2) is 8.46. The lowest BCUT2D eigenvalue weighted by atomic mass is 9.97. The largest absolute Gasteiger partial charge is 0.477 e. The van der Waals surface area contributed by atoms with Gasteiger partial charge in [-0.1, -0.05) is 6.07 Å². The van der Waals surface area contributed by atoms with Crippen molar-refractivity contribution in [3.05, 3.63) is 23.9 Å². The van der Waals surface area contributed by atoms with E-state index in [1.807, 2.05) is 0 Å². The summed E-state index contributed by atoms with van der Waals surface area (Å²) in [4.78, 5) is 42.5.